The van der Waals surface area contributed by atoms with Crippen molar-refractivity contribution < 1.29 is 9.47 Å². The maximum absolute atomic E-state index is 5.56. The van der Waals surface area contributed by atoms with Crippen molar-refractivity contribution in [2.24, 2.45) is 4.99 Å². The van der Waals surface area contributed by atoms with Gasteiger partial charge in [-0.2, -0.15) is 0 Å². The summed E-state index contributed by atoms with van der Waals surface area (Å²) in [6, 6.07) is 12.7. The van der Waals surface area contributed by atoms with Crippen molar-refractivity contribution in [3.8, 4) is 11.5 Å². The zero-order valence-corrected chi connectivity index (χ0v) is 18.5. The number of methoxy groups -OCH3 is 1. The molecule has 0 radical (unpaired) electrons. The normalized spacial score (nSPS) is 12.6. The van der Waals surface area contributed by atoms with Gasteiger partial charge in [0.15, 0.2) is 5.96 Å². The van der Waals surface area contributed by atoms with Crippen molar-refractivity contribution in [1.82, 2.24) is 10.6 Å². The molecule has 0 unspecified atom stereocenters. The van der Waals surface area contributed by atoms with E-state index in [0.717, 1.165) is 55.6 Å². The molecule has 6 heteroatoms. The van der Waals surface area contributed by atoms with Gasteiger partial charge in [-0.1, -0.05) is 24.3 Å². The number of fused-ring (bicyclic) bond motifs is 1. The van der Waals surface area contributed by atoms with Crippen LogP contribution in [-0.2, 0) is 19.4 Å². The first-order valence-corrected chi connectivity index (χ1v) is 9.02. The van der Waals surface area contributed by atoms with Gasteiger partial charge in [-0.3, -0.25) is 4.99 Å². The Morgan fingerprint density at radius 2 is 1.96 bits per heavy atom. The van der Waals surface area contributed by atoms with Gasteiger partial charge in [-0.05, 0) is 47.7 Å². The van der Waals surface area contributed by atoms with Gasteiger partial charge in [0.05, 0.1) is 13.7 Å². The molecule has 0 saturated heterocycles. The van der Waals surface area contributed by atoms with Gasteiger partial charge in [0.2, 0.25) is 0 Å². The summed E-state index contributed by atoms with van der Waals surface area (Å²) >= 11 is 0. The average molecular weight is 481 g/mol. The molecule has 0 spiro atoms. The fourth-order valence-corrected chi connectivity index (χ4v) is 3.18. The molecule has 0 fully saturated rings. The third kappa shape index (κ3) is 5.76. The molecule has 146 valence electrons. The highest BCUT2D eigenvalue weighted by Gasteiger charge is 2.11. The predicted octanol–water partition coefficient (Wildman–Crippen LogP) is 3.46. The summed E-state index contributed by atoms with van der Waals surface area (Å²) in [7, 11) is 3.49. The molecule has 0 amide bonds. The monoisotopic (exact) mass is 481 g/mol. The van der Waals surface area contributed by atoms with Gasteiger partial charge in [0.25, 0.3) is 0 Å². The molecule has 0 saturated carbocycles. The number of halogens is 1. The molecule has 2 aromatic carbocycles. The van der Waals surface area contributed by atoms with E-state index in [1.807, 2.05) is 6.07 Å². The molecular formula is C21H28IN3O2. The fraction of sp³-hybridized carbons (Fsp3) is 0.381. The first-order chi connectivity index (χ1) is 12.7. The summed E-state index contributed by atoms with van der Waals surface area (Å²) in [5.74, 6) is 2.76. The molecule has 0 aromatic heterocycles. The van der Waals surface area contributed by atoms with Gasteiger partial charge in [0.1, 0.15) is 11.5 Å². The average Bonchev–Trinajstić information content (AvgIpc) is 3.12. The first kappa shape index (κ1) is 21.3. The minimum absolute atomic E-state index is 0. The first-order valence-electron chi connectivity index (χ1n) is 9.02. The van der Waals surface area contributed by atoms with Crippen molar-refractivity contribution in [3.05, 3.63) is 58.7 Å². The van der Waals surface area contributed by atoms with E-state index >= 15 is 0 Å². The second-order valence-electron chi connectivity index (χ2n) is 6.45. The Bertz CT molecular complexity index is 793. The highest BCUT2D eigenvalue weighted by atomic mass is 127. The van der Waals surface area contributed by atoms with Crippen molar-refractivity contribution in [3.63, 3.8) is 0 Å². The van der Waals surface area contributed by atoms with E-state index in [4.69, 9.17) is 9.47 Å². The van der Waals surface area contributed by atoms with E-state index in [0.29, 0.717) is 0 Å². The Labute approximate surface area is 178 Å². The van der Waals surface area contributed by atoms with Crippen LogP contribution in [0.1, 0.15) is 22.3 Å². The van der Waals surface area contributed by atoms with Crippen LogP contribution in [0.2, 0.25) is 0 Å². The standard InChI is InChI=1S/C21H27N3O2.HI/c1-15-12-17(5-6-19(15)25-3)14-24-21(22-2)23-10-8-16-4-7-20-18(13-16)9-11-26-20;/h4-7,12-13H,8-11,14H2,1-3H3,(H2,22,23,24);1H. The second-order valence-corrected chi connectivity index (χ2v) is 6.45. The van der Waals surface area contributed by atoms with Crippen LogP contribution in [0.4, 0.5) is 0 Å². The molecule has 5 nitrogen and oxygen atoms in total. The van der Waals surface area contributed by atoms with Crippen molar-refractivity contribution in [2.45, 2.75) is 26.3 Å². The summed E-state index contributed by atoms with van der Waals surface area (Å²) in [5, 5.41) is 6.73. The smallest absolute Gasteiger partial charge is 0.191 e. The number of ether oxygens (including phenoxy) is 2. The third-order valence-corrected chi connectivity index (χ3v) is 4.60. The van der Waals surface area contributed by atoms with Crippen LogP contribution in [0.25, 0.3) is 0 Å². The molecule has 1 aliphatic heterocycles. The van der Waals surface area contributed by atoms with Gasteiger partial charge >= 0.3 is 0 Å². The lowest BCUT2D eigenvalue weighted by atomic mass is 10.1. The minimum Gasteiger partial charge on any atom is -0.496 e. The molecular weight excluding hydrogens is 453 g/mol. The molecule has 1 heterocycles. The number of guanidine groups is 1. The van der Waals surface area contributed by atoms with Gasteiger partial charge in [-0.25, -0.2) is 0 Å². The summed E-state index contributed by atoms with van der Waals surface area (Å²) in [5.41, 5.74) is 4.98. The van der Waals surface area contributed by atoms with Gasteiger partial charge < -0.3 is 20.1 Å². The van der Waals surface area contributed by atoms with E-state index < -0.39 is 0 Å². The summed E-state index contributed by atoms with van der Waals surface area (Å²) in [6.45, 7) is 4.41. The minimum atomic E-state index is 0. The lowest BCUT2D eigenvalue weighted by molar-refractivity contribution is 0.357. The van der Waals surface area contributed by atoms with Crippen LogP contribution < -0.4 is 20.1 Å². The molecule has 3 rings (SSSR count). The van der Waals surface area contributed by atoms with Crippen molar-refractivity contribution in [2.75, 3.05) is 27.3 Å². The Kier molecular flexibility index (Phi) is 8.22. The molecule has 0 bridgehead atoms. The Morgan fingerprint density at radius 1 is 1.15 bits per heavy atom. The predicted molar refractivity (Wildman–Crippen MR) is 121 cm³/mol. The largest absolute Gasteiger partial charge is 0.496 e. The third-order valence-electron chi connectivity index (χ3n) is 4.60. The number of rotatable bonds is 6. The van der Waals surface area contributed by atoms with E-state index in [1.165, 1.54) is 16.7 Å². The summed E-state index contributed by atoms with van der Waals surface area (Å²) in [6.07, 6.45) is 1.97. The molecule has 0 atom stereocenters. The summed E-state index contributed by atoms with van der Waals surface area (Å²) < 4.78 is 10.9. The van der Waals surface area contributed by atoms with Gasteiger partial charge in [-0.15, -0.1) is 24.0 Å². The number of hydrogen-bond acceptors (Lipinski definition) is 3. The highest BCUT2D eigenvalue weighted by Crippen LogP contribution is 2.25. The van der Waals surface area contributed by atoms with E-state index in [1.54, 1.807) is 14.2 Å². The number of aliphatic imine (C=N–C) groups is 1. The highest BCUT2D eigenvalue weighted by molar-refractivity contribution is 14.0. The van der Waals surface area contributed by atoms with E-state index in [9.17, 15) is 0 Å². The molecule has 0 aliphatic carbocycles. The Morgan fingerprint density at radius 3 is 2.70 bits per heavy atom. The van der Waals surface area contributed by atoms with Crippen LogP contribution in [0, 0.1) is 6.92 Å². The van der Waals surface area contributed by atoms with Gasteiger partial charge in [0, 0.05) is 26.6 Å². The maximum Gasteiger partial charge on any atom is 0.191 e. The van der Waals surface area contributed by atoms with E-state index in [2.05, 4.69) is 52.9 Å². The zero-order valence-electron chi connectivity index (χ0n) is 16.2. The topological polar surface area (TPSA) is 54.9 Å². The van der Waals surface area contributed by atoms with Crippen LogP contribution in [0.5, 0.6) is 11.5 Å². The SMILES string of the molecule is CN=C(NCCc1ccc2c(c1)CCO2)NCc1ccc(OC)c(C)c1.I. The number of nitrogens with one attached hydrogen (secondary N) is 2. The Balaban J connectivity index is 0.00000261. The molecule has 2 N–H and O–H groups in total. The van der Waals surface area contributed by atoms with Crippen LogP contribution in [0.15, 0.2) is 41.4 Å². The number of nitrogens with zero attached hydrogens (tertiary/aromatic N) is 1. The maximum atomic E-state index is 5.56. The number of hydrogen-bond donors (Lipinski definition) is 2. The van der Waals surface area contributed by atoms with E-state index in [-0.39, 0.29) is 24.0 Å². The summed E-state index contributed by atoms with van der Waals surface area (Å²) in [4.78, 5) is 4.30. The van der Waals surface area contributed by atoms with Crippen LogP contribution in [0.3, 0.4) is 0 Å². The quantitative estimate of drug-likeness (QED) is 0.377. The van der Waals surface area contributed by atoms with Crippen molar-refractivity contribution >= 4 is 29.9 Å². The molecule has 27 heavy (non-hydrogen) atoms. The number of benzene rings is 2. The van der Waals surface area contributed by atoms with Crippen LogP contribution >= 0.6 is 24.0 Å². The zero-order chi connectivity index (χ0) is 18.4. The fourth-order valence-electron chi connectivity index (χ4n) is 3.18. The second kappa shape index (κ2) is 10.4. The molecule has 1 aliphatic rings. The van der Waals surface area contributed by atoms with Crippen LogP contribution in [-0.4, -0.2) is 33.3 Å². The number of aryl methyl sites for hydroxylation is 1. The van der Waals surface area contributed by atoms with Crippen molar-refractivity contribution in [1.29, 1.82) is 0 Å². The molecule has 2 aromatic rings. The lowest BCUT2D eigenvalue weighted by Crippen LogP contribution is -2.37. The lowest BCUT2D eigenvalue weighted by Gasteiger charge is -2.13. The Hall–Kier alpha value is -1.96.